The van der Waals surface area contributed by atoms with Crippen molar-refractivity contribution in [2.45, 2.75) is 26.5 Å². The van der Waals surface area contributed by atoms with Crippen LogP contribution >= 0.6 is 23.4 Å². The van der Waals surface area contributed by atoms with E-state index >= 15 is 0 Å². The highest BCUT2D eigenvalue weighted by molar-refractivity contribution is 8.18. The van der Waals surface area contributed by atoms with Crippen LogP contribution in [0.4, 0.5) is 10.5 Å². The maximum absolute atomic E-state index is 12.4. The number of nitrogens with zero attached hydrogens (tertiary/aromatic N) is 2. The van der Waals surface area contributed by atoms with Gasteiger partial charge >= 0.3 is 0 Å². The molecule has 29 heavy (non-hydrogen) atoms. The third kappa shape index (κ3) is 4.78. The van der Waals surface area contributed by atoms with E-state index in [1.807, 2.05) is 0 Å². The van der Waals surface area contributed by atoms with E-state index in [9.17, 15) is 19.7 Å². The van der Waals surface area contributed by atoms with Gasteiger partial charge in [0.2, 0.25) is 0 Å². The smallest absolute Gasteiger partial charge is 0.293 e. The number of rotatable bonds is 6. The fourth-order valence-electron chi connectivity index (χ4n) is 2.68. The number of nitro groups is 1. The second-order valence-electron chi connectivity index (χ2n) is 6.55. The molecule has 0 unspecified atom stereocenters. The van der Waals surface area contributed by atoms with Crippen LogP contribution in [0.5, 0.6) is 5.75 Å². The van der Waals surface area contributed by atoms with Gasteiger partial charge in [-0.1, -0.05) is 17.7 Å². The molecular formula is C20H17ClN2O5S. The molecule has 1 heterocycles. The number of carbonyl (C=O) groups excluding carboxylic acids is 2. The van der Waals surface area contributed by atoms with Crippen molar-refractivity contribution in [1.82, 2.24) is 4.90 Å². The molecule has 9 heteroatoms. The zero-order valence-electron chi connectivity index (χ0n) is 15.6. The molecule has 0 radical (unpaired) electrons. The lowest BCUT2D eigenvalue weighted by molar-refractivity contribution is -0.384. The summed E-state index contributed by atoms with van der Waals surface area (Å²) >= 11 is 7.18. The third-order valence-electron chi connectivity index (χ3n) is 4.14. The number of benzene rings is 2. The Kier molecular flexibility index (Phi) is 6.24. The van der Waals surface area contributed by atoms with Crippen LogP contribution in [-0.4, -0.2) is 27.0 Å². The van der Waals surface area contributed by atoms with Crippen LogP contribution in [-0.2, 0) is 11.4 Å². The first kappa shape index (κ1) is 20.9. The van der Waals surface area contributed by atoms with Gasteiger partial charge in [-0.25, -0.2) is 0 Å². The van der Waals surface area contributed by atoms with Gasteiger partial charge in [-0.15, -0.1) is 0 Å². The quantitative estimate of drug-likeness (QED) is 0.351. The highest BCUT2D eigenvalue weighted by Gasteiger charge is 2.36. The van der Waals surface area contributed by atoms with Crippen molar-refractivity contribution in [3.8, 4) is 5.75 Å². The molecule has 0 aromatic heterocycles. The van der Waals surface area contributed by atoms with E-state index in [-0.39, 0.29) is 29.5 Å². The van der Waals surface area contributed by atoms with E-state index in [1.165, 1.54) is 17.0 Å². The summed E-state index contributed by atoms with van der Waals surface area (Å²) < 4.78 is 5.68. The van der Waals surface area contributed by atoms with Crippen LogP contribution in [0.2, 0.25) is 5.02 Å². The number of imide groups is 1. The maximum atomic E-state index is 12.4. The lowest BCUT2D eigenvalue weighted by Crippen LogP contribution is -2.34. The highest BCUT2D eigenvalue weighted by Crippen LogP contribution is 2.35. The minimum Gasteiger partial charge on any atom is -0.487 e. The van der Waals surface area contributed by atoms with Crippen molar-refractivity contribution < 1.29 is 19.2 Å². The van der Waals surface area contributed by atoms with Crippen LogP contribution in [0.25, 0.3) is 6.08 Å². The van der Waals surface area contributed by atoms with E-state index in [2.05, 4.69) is 0 Å². The fraction of sp³-hybridized carbons (Fsp3) is 0.200. The molecule has 150 valence electrons. The number of halogens is 1. The Labute approximate surface area is 176 Å². The monoisotopic (exact) mass is 432 g/mol. The Morgan fingerprint density at radius 1 is 1.21 bits per heavy atom. The second-order valence-corrected chi connectivity index (χ2v) is 7.95. The normalized spacial score (nSPS) is 15.4. The highest BCUT2D eigenvalue weighted by atomic mass is 35.5. The standard InChI is InChI=1S/C20H17ClN2O5S/c1-12(2)22-19(24)18(29-20(22)25)10-14-5-8-17(16(21)9-14)28-11-13-3-6-15(7-4-13)23(26)27/h3-10,12H,11H2,1-2H3/b18-10-. The Hall–Kier alpha value is -2.84. The molecule has 1 saturated heterocycles. The molecule has 0 aliphatic carbocycles. The predicted molar refractivity (Wildman–Crippen MR) is 112 cm³/mol. The number of hydrogen-bond acceptors (Lipinski definition) is 6. The molecule has 2 aromatic carbocycles. The van der Waals surface area contributed by atoms with Crippen LogP contribution in [0.1, 0.15) is 25.0 Å². The number of thioether (sulfide) groups is 1. The van der Waals surface area contributed by atoms with Crippen LogP contribution in [0, 0.1) is 10.1 Å². The molecule has 7 nitrogen and oxygen atoms in total. The SMILES string of the molecule is CC(C)N1C(=O)S/C(=C\c2ccc(OCc3ccc([N+](=O)[O-])cc3)c(Cl)c2)C1=O. The zero-order valence-corrected chi connectivity index (χ0v) is 17.2. The van der Waals surface area contributed by atoms with Crippen LogP contribution in [0.15, 0.2) is 47.4 Å². The van der Waals surface area contributed by atoms with Gasteiger partial charge in [-0.3, -0.25) is 24.6 Å². The molecule has 3 rings (SSSR count). The average molecular weight is 433 g/mol. The van der Waals surface area contributed by atoms with Crippen molar-refractivity contribution >= 4 is 46.3 Å². The van der Waals surface area contributed by atoms with Gasteiger partial charge in [0.1, 0.15) is 12.4 Å². The van der Waals surface area contributed by atoms with Gasteiger partial charge in [-0.05, 0) is 67.1 Å². The van der Waals surface area contributed by atoms with Crippen LogP contribution in [0.3, 0.4) is 0 Å². The van der Waals surface area contributed by atoms with Gasteiger partial charge in [0.05, 0.1) is 14.9 Å². The summed E-state index contributed by atoms with van der Waals surface area (Å²) in [5, 5.41) is 10.8. The predicted octanol–water partition coefficient (Wildman–Crippen LogP) is 5.27. The van der Waals surface area contributed by atoms with Gasteiger partial charge in [0, 0.05) is 18.2 Å². The fourth-order valence-corrected chi connectivity index (χ4v) is 3.88. The number of ether oxygens (including phenoxy) is 1. The Balaban J connectivity index is 1.70. The van der Waals surface area contributed by atoms with Crippen molar-refractivity contribution in [3.05, 3.63) is 73.6 Å². The van der Waals surface area contributed by atoms with Gasteiger partial charge in [-0.2, -0.15) is 0 Å². The first-order valence-electron chi connectivity index (χ1n) is 8.69. The molecule has 0 saturated carbocycles. The summed E-state index contributed by atoms with van der Waals surface area (Å²) in [6.07, 6.45) is 1.62. The van der Waals surface area contributed by atoms with E-state index in [1.54, 1.807) is 50.3 Å². The summed E-state index contributed by atoms with van der Waals surface area (Å²) in [6.45, 7) is 3.77. The van der Waals surface area contributed by atoms with Crippen molar-refractivity contribution in [2.75, 3.05) is 0 Å². The summed E-state index contributed by atoms with van der Waals surface area (Å²) in [7, 11) is 0. The molecule has 2 amide bonds. The molecule has 0 bridgehead atoms. The number of carbonyl (C=O) groups is 2. The molecule has 0 spiro atoms. The van der Waals surface area contributed by atoms with Crippen molar-refractivity contribution in [2.24, 2.45) is 0 Å². The first-order valence-corrected chi connectivity index (χ1v) is 9.88. The van der Waals surface area contributed by atoms with Crippen LogP contribution < -0.4 is 4.74 Å². The number of amides is 2. The number of hydrogen-bond donors (Lipinski definition) is 0. The van der Waals surface area contributed by atoms with Gasteiger partial charge in [0.25, 0.3) is 16.8 Å². The molecule has 0 atom stereocenters. The van der Waals surface area contributed by atoms with Crippen molar-refractivity contribution in [1.29, 1.82) is 0 Å². The lowest BCUT2D eigenvalue weighted by Gasteiger charge is -2.16. The Morgan fingerprint density at radius 3 is 2.45 bits per heavy atom. The van der Waals surface area contributed by atoms with Gasteiger partial charge in [0.15, 0.2) is 0 Å². The summed E-state index contributed by atoms with van der Waals surface area (Å²) in [4.78, 5) is 36.1. The maximum Gasteiger partial charge on any atom is 0.293 e. The minimum absolute atomic E-state index is 0.0121. The van der Waals surface area contributed by atoms with E-state index < -0.39 is 4.92 Å². The summed E-state index contributed by atoms with van der Waals surface area (Å²) in [5.41, 5.74) is 1.45. The summed E-state index contributed by atoms with van der Waals surface area (Å²) in [5.74, 6) is 0.127. The van der Waals surface area contributed by atoms with Crippen molar-refractivity contribution in [3.63, 3.8) is 0 Å². The molecule has 1 aliphatic rings. The molecule has 1 aliphatic heterocycles. The number of nitro benzene ring substituents is 1. The molecule has 2 aromatic rings. The third-order valence-corrected chi connectivity index (χ3v) is 5.31. The Bertz CT molecular complexity index is 1000. The molecule has 0 N–H and O–H groups in total. The minimum atomic E-state index is -0.462. The molecular weight excluding hydrogens is 416 g/mol. The topological polar surface area (TPSA) is 89.8 Å². The largest absolute Gasteiger partial charge is 0.487 e. The summed E-state index contributed by atoms with van der Waals surface area (Å²) in [6, 6.07) is 10.9. The van der Waals surface area contributed by atoms with E-state index in [4.69, 9.17) is 16.3 Å². The van der Waals surface area contributed by atoms with E-state index in [0.29, 0.717) is 21.2 Å². The lowest BCUT2D eigenvalue weighted by atomic mass is 10.2. The average Bonchev–Trinajstić information content (AvgIpc) is 2.94. The first-order chi connectivity index (χ1) is 13.8. The number of non-ortho nitro benzene ring substituents is 1. The Morgan fingerprint density at radius 2 is 1.90 bits per heavy atom. The molecule has 1 fully saturated rings. The van der Waals surface area contributed by atoms with E-state index in [0.717, 1.165) is 17.3 Å². The van der Waals surface area contributed by atoms with Gasteiger partial charge < -0.3 is 4.74 Å². The second kappa shape index (κ2) is 8.67. The zero-order chi connectivity index (χ0) is 21.1.